The Morgan fingerprint density at radius 1 is 1.26 bits per heavy atom. The van der Waals surface area contributed by atoms with E-state index in [1.165, 1.54) is 4.90 Å². The van der Waals surface area contributed by atoms with Crippen LogP contribution in [0, 0.1) is 0 Å². The van der Waals surface area contributed by atoms with Gasteiger partial charge in [0.05, 0.1) is 5.25 Å². The van der Waals surface area contributed by atoms with E-state index < -0.39 is 0 Å². The lowest BCUT2D eigenvalue weighted by molar-refractivity contribution is 0.373. The average molecular weight is 277 g/mol. The molecule has 0 spiro atoms. The molecule has 2 rings (SSSR count). The van der Waals surface area contributed by atoms with Crippen molar-refractivity contribution in [1.82, 2.24) is 15.5 Å². The van der Waals surface area contributed by atoms with Crippen LogP contribution < -0.4 is 5.32 Å². The van der Waals surface area contributed by atoms with Gasteiger partial charge in [0.25, 0.3) is 0 Å². The van der Waals surface area contributed by atoms with E-state index in [4.69, 9.17) is 4.52 Å². The highest BCUT2D eigenvalue weighted by atomic mass is 32.2. The molecular formula is C14H19N3OS. The molecule has 0 amide bonds. The number of benzene rings is 1. The lowest BCUT2D eigenvalue weighted by Crippen LogP contribution is -2.24. The second kappa shape index (κ2) is 6.73. The molecule has 0 aliphatic heterocycles. The summed E-state index contributed by atoms with van der Waals surface area (Å²) in [6, 6.07) is 10.6. The van der Waals surface area contributed by atoms with Crippen molar-refractivity contribution in [2.75, 3.05) is 7.05 Å². The Morgan fingerprint density at radius 3 is 2.68 bits per heavy atom. The quantitative estimate of drug-likeness (QED) is 0.822. The summed E-state index contributed by atoms with van der Waals surface area (Å²) in [5, 5.41) is 7.35. The van der Waals surface area contributed by atoms with Gasteiger partial charge in [0, 0.05) is 17.4 Å². The molecule has 0 radical (unpaired) electrons. The maximum absolute atomic E-state index is 5.33. The highest BCUT2D eigenvalue weighted by Crippen LogP contribution is 2.33. The van der Waals surface area contributed by atoms with Gasteiger partial charge in [0.15, 0.2) is 5.82 Å². The minimum atomic E-state index is 0.161. The molecular weight excluding hydrogens is 258 g/mol. The summed E-state index contributed by atoms with van der Waals surface area (Å²) in [7, 11) is 1.93. The summed E-state index contributed by atoms with van der Waals surface area (Å²) in [6.45, 7) is 4.18. The molecule has 0 saturated carbocycles. The van der Waals surface area contributed by atoms with E-state index >= 15 is 0 Å². The highest BCUT2D eigenvalue weighted by Gasteiger charge is 2.16. The molecule has 102 valence electrons. The minimum Gasteiger partial charge on any atom is -0.338 e. The molecule has 0 aliphatic carbocycles. The molecule has 2 unspecified atom stereocenters. The highest BCUT2D eigenvalue weighted by molar-refractivity contribution is 7.99. The fourth-order valence-corrected chi connectivity index (χ4v) is 2.56. The minimum absolute atomic E-state index is 0.161. The summed E-state index contributed by atoms with van der Waals surface area (Å²) in [5.41, 5.74) is 0. The van der Waals surface area contributed by atoms with Crippen molar-refractivity contribution in [2.45, 2.75) is 36.5 Å². The van der Waals surface area contributed by atoms with Crippen LogP contribution in [0.4, 0.5) is 0 Å². The first-order chi connectivity index (χ1) is 9.19. The number of aromatic nitrogens is 2. The Bertz CT molecular complexity index is 500. The first-order valence-electron chi connectivity index (χ1n) is 6.40. The predicted octanol–water partition coefficient (Wildman–Crippen LogP) is 3.07. The van der Waals surface area contributed by atoms with E-state index in [0.717, 1.165) is 12.2 Å². The fourth-order valence-electron chi connectivity index (χ4n) is 1.65. The molecule has 0 aliphatic rings. The summed E-state index contributed by atoms with van der Waals surface area (Å²) < 4.78 is 5.33. The SMILES string of the molecule is CNC(C)Cc1noc(C(C)Sc2ccccc2)n1. The lowest BCUT2D eigenvalue weighted by Gasteiger charge is -2.06. The van der Waals surface area contributed by atoms with Crippen molar-refractivity contribution in [2.24, 2.45) is 0 Å². The molecule has 1 heterocycles. The molecule has 1 N–H and O–H groups in total. The van der Waals surface area contributed by atoms with Crippen LogP contribution in [-0.2, 0) is 6.42 Å². The summed E-state index contributed by atoms with van der Waals surface area (Å²) in [6.07, 6.45) is 0.780. The van der Waals surface area contributed by atoms with Crippen LogP contribution >= 0.6 is 11.8 Å². The van der Waals surface area contributed by atoms with E-state index in [1.807, 2.05) is 25.2 Å². The average Bonchev–Trinajstić information content (AvgIpc) is 2.88. The van der Waals surface area contributed by atoms with Gasteiger partial charge in [-0.05, 0) is 33.0 Å². The van der Waals surface area contributed by atoms with Gasteiger partial charge < -0.3 is 9.84 Å². The third-order valence-corrected chi connectivity index (χ3v) is 3.97. The molecule has 1 aromatic carbocycles. The molecule has 2 aromatic rings. The van der Waals surface area contributed by atoms with Crippen LogP contribution in [0.2, 0.25) is 0 Å². The van der Waals surface area contributed by atoms with E-state index in [2.05, 4.69) is 41.4 Å². The van der Waals surface area contributed by atoms with Crippen molar-refractivity contribution in [3.05, 3.63) is 42.0 Å². The largest absolute Gasteiger partial charge is 0.338 e. The van der Waals surface area contributed by atoms with Gasteiger partial charge in [0.2, 0.25) is 5.89 Å². The summed E-state index contributed by atoms with van der Waals surface area (Å²) >= 11 is 1.72. The first-order valence-corrected chi connectivity index (χ1v) is 7.28. The van der Waals surface area contributed by atoms with Gasteiger partial charge in [0.1, 0.15) is 0 Å². The van der Waals surface area contributed by atoms with Crippen molar-refractivity contribution in [3.63, 3.8) is 0 Å². The molecule has 1 aromatic heterocycles. The predicted molar refractivity (Wildman–Crippen MR) is 77.2 cm³/mol. The third kappa shape index (κ3) is 4.08. The van der Waals surface area contributed by atoms with E-state index in [0.29, 0.717) is 11.9 Å². The van der Waals surface area contributed by atoms with Gasteiger partial charge in [-0.3, -0.25) is 0 Å². The number of thioether (sulfide) groups is 1. The van der Waals surface area contributed by atoms with Gasteiger partial charge in [-0.15, -0.1) is 11.8 Å². The van der Waals surface area contributed by atoms with Crippen LogP contribution in [0.5, 0.6) is 0 Å². The topological polar surface area (TPSA) is 51.0 Å². The number of hydrogen-bond donors (Lipinski definition) is 1. The Hall–Kier alpha value is -1.33. The van der Waals surface area contributed by atoms with Crippen LogP contribution in [0.1, 0.15) is 30.8 Å². The van der Waals surface area contributed by atoms with Crippen molar-refractivity contribution in [3.8, 4) is 0 Å². The normalized spacial score (nSPS) is 14.3. The standard InChI is InChI=1S/C14H19N3OS/c1-10(15-3)9-13-16-14(18-17-13)11(2)19-12-7-5-4-6-8-12/h4-8,10-11,15H,9H2,1-3H3. The zero-order chi connectivity index (χ0) is 13.7. The van der Waals surface area contributed by atoms with E-state index in [9.17, 15) is 0 Å². The van der Waals surface area contributed by atoms with Gasteiger partial charge in [-0.1, -0.05) is 23.4 Å². The second-order valence-corrected chi connectivity index (χ2v) is 5.93. The molecule has 0 bridgehead atoms. The van der Waals surface area contributed by atoms with Crippen LogP contribution in [0.25, 0.3) is 0 Å². The van der Waals surface area contributed by atoms with Crippen LogP contribution in [0.3, 0.4) is 0 Å². The number of nitrogens with one attached hydrogen (secondary N) is 1. The molecule has 4 nitrogen and oxygen atoms in total. The number of rotatable bonds is 6. The monoisotopic (exact) mass is 277 g/mol. The van der Waals surface area contributed by atoms with Gasteiger partial charge in [-0.2, -0.15) is 4.98 Å². The Kier molecular flexibility index (Phi) is 4.99. The van der Waals surface area contributed by atoms with Gasteiger partial charge in [-0.25, -0.2) is 0 Å². The Labute approximate surface area is 118 Å². The van der Waals surface area contributed by atoms with Crippen LogP contribution in [0.15, 0.2) is 39.8 Å². The maximum Gasteiger partial charge on any atom is 0.239 e. The molecule has 0 saturated heterocycles. The number of hydrogen-bond acceptors (Lipinski definition) is 5. The zero-order valence-electron chi connectivity index (χ0n) is 11.5. The van der Waals surface area contributed by atoms with Gasteiger partial charge >= 0.3 is 0 Å². The Morgan fingerprint density at radius 2 is 2.00 bits per heavy atom. The van der Waals surface area contributed by atoms with E-state index in [-0.39, 0.29) is 5.25 Å². The summed E-state index contributed by atoms with van der Waals surface area (Å²) in [5.74, 6) is 1.45. The molecule has 0 fully saturated rings. The van der Waals surface area contributed by atoms with E-state index in [1.54, 1.807) is 11.8 Å². The summed E-state index contributed by atoms with van der Waals surface area (Å²) in [4.78, 5) is 5.66. The second-order valence-electron chi connectivity index (χ2n) is 4.52. The lowest BCUT2D eigenvalue weighted by atomic mass is 10.2. The molecule has 5 heteroatoms. The first kappa shape index (κ1) is 14.1. The number of nitrogens with zero attached hydrogens (tertiary/aromatic N) is 2. The van der Waals surface area contributed by atoms with Crippen molar-refractivity contribution in [1.29, 1.82) is 0 Å². The van der Waals surface area contributed by atoms with Crippen molar-refractivity contribution >= 4 is 11.8 Å². The maximum atomic E-state index is 5.33. The fraction of sp³-hybridized carbons (Fsp3) is 0.429. The van der Waals surface area contributed by atoms with Crippen molar-refractivity contribution < 1.29 is 4.52 Å². The molecule has 19 heavy (non-hydrogen) atoms. The number of likely N-dealkylation sites (N-methyl/N-ethyl adjacent to an activating group) is 1. The smallest absolute Gasteiger partial charge is 0.239 e. The Balaban J connectivity index is 1.98. The zero-order valence-corrected chi connectivity index (χ0v) is 12.3. The molecule has 2 atom stereocenters. The third-order valence-electron chi connectivity index (χ3n) is 2.87. The van der Waals surface area contributed by atoms with Crippen LogP contribution in [-0.4, -0.2) is 23.2 Å².